The molecule has 146 valence electrons. The van der Waals surface area contributed by atoms with Crippen LogP contribution in [-0.4, -0.2) is 67.0 Å². The maximum atomic E-state index is 12.6. The summed E-state index contributed by atoms with van der Waals surface area (Å²) in [6.07, 6.45) is 2.69. The molecule has 2 saturated heterocycles. The first kappa shape index (κ1) is 18.7. The average molecular weight is 377 g/mol. The second kappa shape index (κ2) is 8.15. The van der Waals surface area contributed by atoms with Gasteiger partial charge in [-0.25, -0.2) is 4.98 Å². The van der Waals surface area contributed by atoms with Crippen molar-refractivity contribution < 1.29 is 4.79 Å². The molecule has 1 amide bonds. The predicted octanol–water partition coefficient (Wildman–Crippen LogP) is 2.49. The minimum Gasteiger partial charge on any atom is -0.371 e. The summed E-state index contributed by atoms with van der Waals surface area (Å²) in [5, 5.41) is 10.4. The number of hydrogen-bond donors (Lipinski definition) is 0. The van der Waals surface area contributed by atoms with E-state index in [2.05, 4.69) is 34.0 Å². The topological polar surface area (TPSA) is 63.5 Å². The van der Waals surface area contributed by atoms with Gasteiger partial charge in [0.15, 0.2) is 0 Å². The first-order valence-corrected chi connectivity index (χ1v) is 10.1. The zero-order valence-electron chi connectivity index (χ0n) is 16.5. The number of piperidine rings is 1. The van der Waals surface area contributed by atoms with Crippen LogP contribution in [0.3, 0.4) is 0 Å². The molecular weight excluding hydrogens is 350 g/mol. The van der Waals surface area contributed by atoms with E-state index in [1.165, 1.54) is 0 Å². The molecule has 0 unspecified atom stereocenters. The quantitative estimate of drug-likeness (QED) is 0.822. The summed E-state index contributed by atoms with van der Waals surface area (Å²) in [7, 11) is 2.11. The number of rotatable bonds is 3. The van der Waals surface area contributed by atoms with Crippen molar-refractivity contribution in [3.8, 4) is 6.07 Å². The van der Waals surface area contributed by atoms with E-state index in [-0.39, 0.29) is 0 Å². The zero-order valence-corrected chi connectivity index (χ0v) is 16.5. The number of carbonyl (C=O) groups is 1. The van der Waals surface area contributed by atoms with E-state index in [4.69, 9.17) is 0 Å². The number of para-hydroxylation sites is 1. The molecule has 2 aromatic rings. The van der Waals surface area contributed by atoms with Crippen LogP contribution in [0.1, 0.15) is 25.0 Å². The Labute approximate surface area is 166 Å². The molecule has 1 aromatic heterocycles. The Morgan fingerprint density at radius 3 is 2.57 bits per heavy atom. The minimum absolute atomic E-state index is 0.313. The van der Waals surface area contributed by atoms with Crippen LogP contribution < -0.4 is 4.90 Å². The standard InChI is InChI=1S/C22H27N5O/c1-25-10-12-27(13-11-25)22(28)14-17-6-8-26(9-7-17)21-15-18(16-23)24-20-5-3-2-4-19(20)21/h2-5,15,17H,6-14H2,1H3. The van der Waals surface area contributed by atoms with Gasteiger partial charge in [-0.1, -0.05) is 18.2 Å². The Kier molecular flexibility index (Phi) is 5.45. The molecule has 0 spiro atoms. The zero-order chi connectivity index (χ0) is 19.5. The number of nitrogens with zero attached hydrogens (tertiary/aromatic N) is 5. The van der Waals surface area contributed by atoms with Gasteiger partial charge in [-0.2, -0.15) is 5.26 Å². The van der Waals surface area contributed by atoms with Gasteiger partial charge in [-0.15, -0.1) is 0 Å². The van der Waals surface area contributed by atoms with Gasteiger partial charge in [0.2, 0.25) is 5.91 Å². The fraction of sp³-hybridized carbons (Fsp3) is 0.500. The smallest absolute Gasteiger partial charge is 0.222 e. The Morgan fingerprint density at radius 1 is 1.14 bits per heavy atom. The summed E-state index contributed by atoms with van der Waals surface area (Å²) in [5.74, 6) is 0.764. The lowest BCUT2D eigenvalue weighted by Crippen LogP contribution is -2.47. The number of nitriles is 1. The van der Waals surface area contributed by atoms with E-state index >= 15 is 0 Å². The largest absolute Gasteiger partial charge is 0.371 e. The highest BCUT2D eigenvalue weighted by atomic mass is 16.2. The van der Waals surface area contributed by atoms with Crippen LogP contribution in [-0.2, 0) is 4.79 Å². The highest BCUT2D eigenvalue weighted by Gasteiger charge is 2.26. The molecule has 0 bridgehead atoms. The molecule has 2 aliphatic heterocycles. The molecule has 2 fully saturated rings. The number of anilines is 1. The van der Waals surface area contributed by atoms with E-state index in [1.54, 1.807) is 0 Å². The van der Waals surface area contributed by atoms with E-state index < -0.39 is 0 Å². The third kappa shape index (κ3) is 3.95. The van der Waals surface area contributed by atoms with Gasteiger partial charge in [-0.05, 0) is 37.9 Å². The van der Waals surface area contributed by atoms with Crippen LogP contribution in [0.4, 0.5) is 5.69 Å². The molecule has 0 saturated carbocycles. The van der Waals surface area contributed by atoms with Gasteiger partial charge in [-0.3, -0.25) is 4.79 Å². The van der Waals surface area contributed by atoms with E-state index in [9.17, 15) is 10.1 Å². The van der Waals surface area contributed by atoms with E-state index in [0.717, 1.165) is 68.7 Å². The highest BCUT2D eigenvalue weighted by Crippen LogP contribution is 2.31. The summed E-state index contributed by atoms with van der Waals surface area (Å²) in [6, 6.07) is 12.1. The molecule has 0 radical (unpaired) electrons. The number of benzene rings is 1. The first-order valence-electron chi connectivity index (χ1n) is 10.1. The average Bonchev–Trinajstić information content (AvgIpc) is 2.74. The molecule has 4 rings (SSSR count). The van der Waals surface area contributed by atoms with Crippen molar-refractivity contribution >= 4 is 22.5 Å². The Morgan fingerprint density at radius 2 is 1.86 bits per heavy atom. The van der Waals surface area contributed by atoms with Gasteiger partial charge >= 0.3 is 0 Å². The summed E-state index contributed by atoms with van der Waals surface area (Å²) < 4.78 is 0. The Hall–Kier alpha value is -2.65. The maximum absolute atomic E-state index is 12.6. The lowest BCUT2D eigenvalue weighted by molar-refractivity contribution is -0.133. The molecule has 1 aromatic carbocycles. The van der Waals surface area contributed by atoms with Crippen molar-refractivity contribution in [2.75, 3.05) is 51.2 Å². The Bertz CT molecular complexity index is 889. The molecular formula is C22H27N5O. The summed E-state index contributed by atoms with van der Waals surface area (Å²) in [5.41, 5.74) is 2.41. The number of likely N-dealkylation sites (N-methyl/N-ethyl adjacent to an activating group) is 1. The fourth-order valence-electron chi connectivity index (χ4n) is 4.29. The second-order valence-electron chi connectivity index (χ2n) is 7.97. The van der Waals surface area contributed by atoms with Crippen LogP contribution in [0.15, 0.2) is 30.3 Å². The molecule has 3 heterocycles. The van der Waals surface area contributed by atoms with Gasteiger partial charge < -0.3 is 14.7 Å². The summed E-state index contributed by atoms with van der Waals surface area (Å²) in [4.78, 5) is 23.7. The van der Waals surface area contributed by atoms with Gasteiger partial charge in [0, 0.05) is 56.8 Å². The van der Waals surface area contributed by atoms with Crippen LogP contribution in [0.5, 0.6) is 0 Å². The van der Waals surface area contributed by atoms with Crippen molar-refractivity contribution in [1.82, 2.24) is 14.8 Å². The van der Waals surface area contributed by atoms with Gasteiger partial charge in [0.25, 0.3) is 0 Å². The molecule has 0 N–H and O–H groups in total. The fourth-order valence-corrected chi connectivity index (χ4v) is 4.29. The van der Waals surface area contributed by atoms with Crippen molar-refractivity contribution in [2.45, 2.75) is 19.3 Å². The molecule has 0 aliphatic carbocycles. The second-order valence-corrected chi connectivity index (χ2v) is 7.97. The molecule has 28 heavy (non-hydrogen) atoms. The summed E-state index contributed by atoms with van der Waals surface area (Å²) >= 11 is 0. The van der Waals surface area contributed by atoms with E-state index in [0.29, 0.717) is 23.9 Å². The van der Waals surface area contributed by atoms with Gasteiger partial charge in [0.1, 0.15) is 11.8 Å². The monoisotopic (exact) mass is 377 g/mol. The lowest BCUT2D eigenvalue weighted by atomic mass is 9.92. The third-order valence-electron chi connectivity index (χ3n) is 6.08. The summed E-state index contributed by atoms with van der Waals surface area (Å²) in [6.45, 7) is 5.49. The van der Waals surface area contributed by atoms with Crippen molar-refractivity contribution in [3.05, 3.63) is 36.0 Å². The molecule has 6 nitrogen and oxygen atoms in total. The minimum atomic E-state index is 0.313. The van der Waals surface area contributed by atoms with E-state index in [1.807, 2.05) is 29.2 Å². The van der Waals surface area contributed by atoms with Gasteiger partial charge in [0.05, 0.1) is 5.52 Å². The van der Waals surface area contributed by atoms with Crippen LogP contribution >= 0.6 is 0 Å². The highest BCUT2D eigenvalue weighted by molar-refractivity contribution is 5.92. The lowest BCUT2D eigenvalue weighted by Gasteiger charge is -2.36. The van der Waals surface area contributed by atoms with Crippen LogP contribution in [0.2, 0.25) is 0 Å². The van der Waals surface area contributed by atoms with Crippen molar-refractivity contribution in [2.24, 2.45) is 5.92 Å². The third-order valence-corrected chi connectivity index (χ3v) is 6.08. The Balaban J connectivity index is 1.40. The molecule has 6 heteroatoms. The number of hydrogen-bond acceptors (Lipinski definition) is 5. The molecule has 2 aliphatic rings. The molecule has 0 atom stereocenters. The number of amides is 1. The van der Waals surface area contributed by atoms with Crippen molar-refractivity contribution in [1.29, 1.82) is 5.26 Å². The number of piperazine rings is 1. The predicted molar refractivity (Wildman–Crippen MR) is 110 cm³/mol. The number of fused-ring (bicyclic) bond motifs is 1. The first-order chi connectivity index (χ1) is 13.6. The van der Waals surface area contributed by atoms with Crippen LogP contribution in [0.25, 0.3) is 10.9 Å². The maximum Gasteiger partial charge on any atom is 0.222 e. The van der Waals surface area contributed by atoms with Crippen molar-refractivity contribution in [3.63, 3.8) is 0 Å². The number of pyridine rings is 1. The normalized spacial score (nSPS) is 19.0. The number of aromatic nitrogens is 1. The van der Waals surface area contributed by atoms with Crippen LogP contribution in [0, 0.1) is 17.2 Å². The SMILES string of the molecule is CN1CCN(C(=O)CC2CCN(c3cc(C#N)nc4ccccc34)CC2)CC1. The number of carbonyl (C=O) groups excluding carboxylic acids is 1.